The van der Waals surface area contributed by atoms with E-state index in [0.29, 0.717) is 24.7 Å². The van der Waals surface area contributed by atoms with E-state index in [1.54, 1.807) is 7.11 Å². The van der Waals surface area contributed by atoms with Gasteiger partial charge in [-0.1, -0.05) is 6.07 Å². The zero-order valence-electron chi connectivity index (χ0n) is 10.1. The first-order valence-electron chi connectivity index (χ1n) is 5.64. The van der Waals surface area contributed by atoms with E-state index in [9.17, 15) is 0 Å². The number of hydrogen-bond acceptors (Lipinski definition) is 5. The Kier molecular flexibility index (Phi) is 6.21. The minimum absolute atomic E-state index is 0.0657. The van der Waals surface area contributed by atoms with Gasteiger partial charge in [0.1, 0.15) is 5.75 Å². The highest BCUT2D eigenvalue weighted by Crippen LogP contribution is 2.28. The first-order valence-corrected chi connectivity index (χ1v) is 5.64. The molecule has 0 atom stereocenters. The molecule has 0 heterocycles. The van der Waals surface area contributed by atoms with E-state index in [0.717, 1.165) is 18.7 Å². The summed E-state index contributed by atoms with van der Waals surface area (Å²) in [5.74, 6) is 0.673. The number of rotatable bonds is 8. The summed E-state index contributed by atoms with van der Waals surface area (Å²) in [6.45, 7) is 1.85. The normalized spacial score (nSPS) is 10.2. The number of nitrogen functional groups attached to an aromatic ring is 1. The van der Waals surface area contributed by atoms with E-state index in [-0.39, 0.29) is 6.61 Å². The summed E-state index contributed by atoms with van der Waals surface area (Å²) >= 11 is 0. The fourth-order valence-corrected chi connectivity index (χ4v) is 1.44. The van der Waals surface area contributed by atoms with Gasteiger partial charge in [0.15, 0.2) is 0 Å². The highest BCUT2D eigenvalue weighted by molar-refractivity contribution is 5.72. The Morgan fingerprint density at radius 3 is 2.88 bits per heavy atom. The number of hydrogen-bond donors (Lipinski definition) is 3. The Morgan fingerprint density at radius 1 is 1.35 bits per heavy atom. The van der Waals surface area contributed by atoms with E-state index >= 15 is 0 Å². The van der Waals surface area contributed by atoms with E-state index in [2.05, 4.69) is 5.32 Å². The molecule has 5 nitrogen and oxygen atoms in total. The molecule has 17 heavy (non-hydrogen) atoms. The highest BCUT2D eigenvalue weighted by atomic mass is 16.5. The van der Waals surface area contributed by atoms with Crippen LogP contribution in [0.3, 0.4) is 0 Å². The Hall–Kier alpha value is -1.46. The second kappa shape index (κ2) is 7.76. The minimum atomic E-state index is 0.0657. The molecule has 0 aliphatic rings. The summed E-state index contributed by atoms with van der Waals surface area (Å²) in [7, 11) is 1.60. The molecule has 0 aliphatic heterocycles. The van der Waals surface area contributed by atoms with Gasteiger partial charge in [-0.15, -0.1) is 0 Å². The van der Waals surface area contributed by atoms with E-state index in [4.69, 9.17) is 20.3 Å². The van der Waals surface area contributed by atoms with Crippen molar-refractivity contribution >= 4 is 11.4 Å². The number of ether oxygens (including phenoxy) is 2. The predicted molar refractivity (Wildman–Crippen MR) is 68.4 cm³/mol. The molecule has 0 unspecified atom stereocenters. The average molecular weight is 240 g/mol. The number of methoxy groups -OCH3 is 1. The third-order valence-electron chi connectivity index (χ3n) is 2.30. The van der Waals surface area contributed by atoms with Gasteiger partial charge in [0, 0.05) is 13.2 Å². The Labute approximate surface area is 102 Å². The summed E-state index contributed by atoms with van der Waals surface area (Å²) in [5, 5.41) is 11.7. The summed E-state index contributed by atoms with van der Waals surface area (Å²) in [4.78, 5) is 0. The van der Waals surface area contributed by atoms with Crippen molar-refractivity contribution in [1.82, 2.24) is 0 Å². The molecule has 0 aromatic heterocycles. The Bertz CT molecular complexity index is 332. The van der Waals surface area contributed by atoms with Crippen molar-refractivity contribution in [3.63, 3.8) is 0 Å². The first kappa shape index (κ1) is 13.6. The van der Waals surface area contributed by atoms with Crippen molar-refractivity contribution in [3.8, 4) is 5.75 Å². The molecule has 1 aromatic rings. The van der Waals surface area contributed by atoms with Gasteiger partial charge in [-0.25, -0.2) is 0 Å². The summed E-state index contributed by atoms with van der Waals surface area (Å²) in [5.41, 5.74) is 7.39. The molecule has 0 radical (unpaired) electrons. The molecule has 4 N–H and O–H groups in total. The lowest BCUT2D eigenvalue weighted by Gasteiger charge is -2.12. The molecule has 1 rings (SSSR count). The highest BCUT2D eigenvalue weighted by Gasteiger charge is 2.03. The largest absolute Gasteiger partial charge is 0.495 e. The lowest BCUT2D eigenvalue weighted by atomic mass is 10.2. The van der Waals surface area contributed by atoms with Gasteiger partial charge in [-0.3, -0.25) is 0 Å². The number of nitrogens with two attached hydrogens (primary N) is 1. The third-order valence-corrected chi connectivity index (χ3v) is 2.30. The van der Waals surface area contributed by atoms with Crippen molar-refractivity contribution < 1.29 is 14.6 Å². The lowest BCUT2D eigenvalue weighted by molar-refractivity contribution is 0.0922. The molecule has 0 aliphatic carbocycles. The van der Waals surface area contributed by atoms with Crippen LogP contribution < -0.4 is 15.8 Å². The van der Waals surface area contributed by atoms with Crippen LogP contribution in [-0.4, -0.2) is 38.6 Å². The van der Waals surface area contributed by atoms with Crippen LogP contribution in [0, 0.1) is 0 Å². The van der Waals surface area contributed by atoms with Gasteiger partial charge in [-0.05, 0) is 18.6 Å². The fraction of sp³-hybridized carbons (Fsp3) is 0.500. The smallest absolute Gasteiger partial charge is 0.143 e. The van der Waals surface area contributed by atoms with Gasteiger partial charge >= 0.3 is 0 Å². The van der Waals surface area contributed by atoms with Crippen LogP contribution in [0.4, 0.5) is 11.4 Å². The minimum Gasteiger partial charge on any atom is -0.495 e. The standard InChI is InChI=1S/C12H20N2O3/c1-16-11-5-2-4-10(12(11)13)14-6-3-8-17-9-7-15/h2,4-5,14-15H,3,6-9,13H2,1H3. The zero-order chi connectivity index (χ0) is 12.5. The number of anilines is 2. The maximum absolute atomic E-state index is 8.52. The second-order valence-corrected chi connectivity index (χ2v) is 3.54. The summed E-state index contributed by atoms with van der Waals surface area (Å²) < 4.78 is 10.3. The van der Waals surface area contributed by atoms with E-state index in [1.165, 1.54) is 0 Å². The van der Waals surface area contributed by atoms with E-state index < -0.39 is 0 Å². The quantitative estimate of drug-likeness (QED) is 0.468. The molecule has 96 valence electrons. The average Bonchev–Trinajstić information content (AvgIpc) is 2.35. The predicted octanol–water partition coefficient (Wildman–Crippen LogP) is 1.09. The maximum Gasteiger partial charge on any atom is 0.143 e. The summed E-state index contributed by atoms with van der Waals surface area (Å²) in [6, 6.07) is 5.62. The van der Waals surface area contributed by atoms with Crippen LogP contribution in [0.2, 0.25) is 0 Å². The molecule has 1 aromatic carbocycles. The van der Waals surface area contributed by atoms with Gasteiger partial charge in [-0.2, -0.15) is 0 Å². The van der Waals surface area contributed by atoms with Gasteiger partial charge < -0.3 is 25.6 Å². The van der Waals surface area contributed by atoms with Gasteiger partial charge in [0.05, 0.1) is 31.7 Å². The molecule has 5 heteroatoms. The third kappa shape index (κ3) is 4.50. The number of nitrogens with one attached hydrogen (secondary N) is 1. The summed E-state index contributed by atoms with van der Waals surface area (Å²) in [6.07, 6.45) is 0.858. The maximum atomic E-state index is 8.52. The van der Waals surface area contributed by atoms with Crippen LogP contribution in [0.15, 0.2) is 18.2 Å². The van der Waals surface area contributed by atoms with Crippen LogP contribution in [0.25, 0.3) is 0 Å². The monoisotopic (exact) mass is 240 g/mol. The SMILES string of the molecule is COc1cccc(NCCCOCCO)c1N. The number of para-hydroxylation sites is 1. The molecule has 0 saturated carbocycles. The van der Waals surface area contributed by atoms with E-state index in [1.807, 2.05) is 18.2 Å². The molecule has 0 amide bonds. The molecular weight excluding hydrogens is 220 g/mol. The van der Waals surface area contributed by atoms with Crippen molar-refractivity contribution in [2.45, 2.75) is 6.42 Å². The van der Waals surface area contributed by atoms with Crippen molar-refractivity contribution in [3.05, 3.63) is 18.2 Å². The van der Waals surface area contributed by atoms with Gasteiger partial charge in [0.25, 0.3) is 0 Å². The van der Waals surface area contributed by atoms with Crippen molar-refractivity contribution in [2.24, 2.45) is 0 Å². The van der Waals surface area contributed by atoms with Crippen LogP contribution in [0.1, 0.15) is 6.42 Å². The van der Waals surface area contributed by atoms with Crippen molar-refractivity contribution in [1.29, 1.82) is 0 Å². The molecule has 0 fully saturated rings. The van der Waals surface area contributed by atoms with Crippen LogP contribution in [-0.2, 0) is 4.74 Å². The first-order chi connectivity index (χ1) is 8.29. The molecule has 0 saturated heterocycles. The second-order valence-electron chi connectivity index (χ2n) is 3.54. The Morgan fingerprint density at radius 2 is 2.18 bits per heavy atom. The Balaban J connectivity index is 2.31. The topological polar surface area (TPSA) is 76.7 Å². The van der Waals surface area contributed by atoms with Crippen LogP contribution >= 0.6 is 0 Å². The van der Waals surface area contributed by atoms with Gasteiger partial charge in [0.2, 0.25) is 0 Å². The molecular formula is C12H20N2O3. The lowest BCUT2D eigenvalue weighted by Crippen LogP contribution is -2.09. The number of aliphatic hydroxyl groups is 1. The number of aliphatic hydroxyl groups excluding tert-OH is 1. The van der Waals surface area contributed by atoms with Crippen LogP contribution in [0.5, 0.6) is 5.75 Å². The number of benzene rings is 1. The molecule has 0 spiro atoms. The zero-order valence-corrected chi connectivity index (χ0v) is 10.1. The molecule has 0 bridgehead atoms. The fourth-order valence-electron chi connectivity index (χ4n) is 1.44. The van der Waals surface area contributed by atoms with Crippen molar-refractivity contribution in [2.75, 3.05) is 44.5 Å².